The van der Waals surface area contributed by atoms with E-state index in [9.17, 15) is 19.8 Å². The van der Waals surface area contributed by atoms with Crippen molar-refractivity contribution < 1.29 is 29.3 Å². The number of hydrogen-bond acceptors (Lipinski definition) is 6. The lowest BCUT2D eigenvalue weighted by Gasteiger charge is -2.22. The van der Waals surface area contributed by atoms with E-state index in [0.717, 1.165) is 5.56 Å². The van der Waals surface area contributed by atoms with Crippen LogP contribution >= 0.6 is 0 Å². The molecule has 0 heterocycles. The van der Waals surface area contributed by atoms with E-state index < -0.39 is 23.7 Å². The van der Waals surface area contributed by atoms with Crippen molar-refractivity contribution in [3.63, 3.8) is 0 Å². The fraction of sp³-hybridized carbons (Fsp3) is 0.556. The number of phenolic OH excluding ortho intramolecular Hbond substituents is 1. The van der Waals surface area contributed by atoms with E-state index in [4.69, 9.17) is 9.47 Å². The third-order valence-electron chi connectivity index (χ3n) is 3.35. The predicted molar refractivity (Wildman–Crippen MR) is 96.5 cm³/mol. The second-order valence-electron chi connectivity index (χ2n) is 7.28. The summed E-state index contributed by atoms with van der Waals surface area (Å²) < 4.78 is 10.3. The van der Waals surface area contributed by atoms with Crippen LogP contribution < -0.4 is 10.1 Å². The van der Waals surface area contributed by atoms with Crippen LogP contribution in [-0.2, 0) is 22.5 Å². The molecular formula is C18H28N2O6. The Kier molecular flexibility index (Phi) is 7.26. The molecule has 146 valence electrons. The number of alkyl carbamates (subject to hydrolysis) is 1. The summed E-state index contributed by atoms with van der Waals surface area (Å²) in [5.74, 6) is -1.12. The van der Waals surface area contributed by atoms with Gasteiger partial charge in [-0.1, -0.05) is 6.07 Å². The van der Waals surface area contributed by atoms with Crippen LogP contribution in [0, 0.1) is 0 Å². The highest BCUT2D eigenvalue weighted by Gasteiger charge is 2.26. The van der Waals surface area contributed by atoms with Crippen LogP contribution in [0.4, 0.5) is 4.79 Å². The van der Waals surface area contributed by atoms with E-state index in [1.807, 2.05) is 19.0 Å². The Balaban J connectivity index is 3.07. The molecule has 1 atom stereocenters. The Morgan fingerprint density at radius 3 is 2.35 bits per heavy atom. The Bertz CT molecular complexity index is 652. The number of phenols is 1. The van der Waals surface area contributed by atoms with Gasteiger partial charge in [0.2, 0.25) is 0 Å². The van der Waals surface area contributed by atoms with E-state index in [2.05, 4.69) is 5.32 Å². The van der Waals surface area contributed by atoms with Gasteiger partial charge in [-0.05, 0) is 46.5 Å². The summed E-state index contributed by atoms with van der Waals surface area (Å²) in [6.07, 6.45) is -0.946. The highest BCUT2D eigenvalue weighted by atomic mass is 16.6. The molecule has 0 spiro atoms. The first-order chi connectivity index (χ1) is 11.9. The Morgan fingerprint density at radius 2 is 1.88 bits per heavy atom. The van der Waals surface area contributed by atoms with Crippen molar-refractivity contribution in [3.8, 4) is 11.5 Å². The van der Waals surface area contributed by atoms with Crippen molar-refractivity contribution >= 4 is 12.1 Å². The molecule has 1 rings (SSSR count). The average molecular weight is 368 g/mol. The first-order valence-corrected chi connectivity index (χ1v) is 8.18. The lowest BCUT2D eigenvalue weighted by Crippen LogP contribution is -2.44. The lowest BCUT2D eigenvalue weighted by atomic mass is 10.0. The number of aromatic hydroxyl groups is 1. The van der Waals surface area contributed by atoms with Gasteiger partial charge in [-0.25, -0.2) is 9.59 Å². The van der Waals surface area contributed by atoms with Crippen molar-refractivity contribution in [2.45, 2.75) is 45.4 Å². The molecule has 0 aliphatic rings. The number of amides is 1. The van der Waals surface area contributed by atoms with Gasteiger partial charge in [0.25, 0.3) is 0 Å². The maximum atomic E-state index is 11.9. The van der Waals surface area contributed by atoms with Gasteiger partial charge in [0.15, 0.2) is 11.5 Å². The predicted octanol–water partition coefficient (Wildman–Crippen LogP) is 1.98. The van der Waals surface area contributed by atoms with Crippen molar-refractivity contribution in [2.75, 3.05) is 21.2 Å². The number of carboxylic acids is 1. The molecular weight excluding hydrogens is 340 g/mol. The minimum absolute atomic E-state index is 0.113. The molecule has 0 aliphatic heterocycles. The molecule has 0 radical (unpaired) electrons. The number of nitrogens with zero attached hydrogens (tertiary/aromatic N) is 1. The van der Waals surface area contributed by atoms with E-state index in [0.29, 0.717) is 12.1 Å². The summed E-state index contributed by atoms with van der Waals surface area (Å²) in [4.78, 5) is 25.4. The zero-order valence-corrected chi connectivity index (χ0v) is 16.1. The molecule has 8 nitrogen and oxygen atoms in total. The number of hydrogen-bond donors (Lipinski definition) is 3. The van der Waals surface area contributed by atoms with Crippen molar-refractivity contribution in [1.29, 1.82) is 0 Å². The standard InChI is InChI=1S/C18H28N2O6/c1-18(2,3)26-17(24)19-13(16(22)23)9-12-7-11(10-20(4)5)8-14(25-6)15(12)21/h7-8,13,21H,9-10H2,1-6H3,(H,19,24)(H,22,23). The number of carboxylic acid groups (broad SMARTS) is 1. The number of nitrogens with one attached hydrogen (secondary N) is 1. The SMILES string of the molecule is COc1cc(CN(C)C)cc(CC(NC(=O)OC(C)(C)C)C(=O)O)c1O. The maximum absolute atomic E-state index is 11.9. The third kappa shape index (κ3) is 6.79. The minimum Gasteiger partial charge on any atom is -0.504 e. The Labute approximate surface area is 153 Å². The molecule has 1 aromatic rings. The highest BCUT2D eigenvalue weighted by molar-refractivity contribution is 5.80. The molecule has 1 aromatic carbocycles. The molecule has 0 aromatic heterocycles. The molecule has 0 saturated carbocycles. The first kappa shape index (κ1) is 21.6. The number of rotatable bonds is 7. The number of methoxy groups -OCH3 is 1. The Hall–Kier alpha value is -2.48. The summed E-state index contributed by atoms with van der Waals surface area (Å²) in [5, 5.41) is 22.1. The second-order valence-corrected chi connectivity index (χ2v) is 7.28. The quantitative estimate of drug-likeness (QED) is 0.675. The molecule has 0 fully saturated rings. The number of benzene rings is 1. The summed E-state index contributed by atoms with van der Waals surface area (Å²) in [6.45, 7) is 5.64. The summed E-state index contributed by atoms with van der Waals surface area (Å²) in [7, 11) is 5.21. The van der Waals surface area contributed by atoms with E-state index in [1.54, 1.807) is 32.9 Å². The fourth-order valence-electron chi connectivity index (χ4n) is 2.37. The van der Waals surface area contributed by atoms with Crippen LogP contribution in [0.15, 0.2) is 12.1 Å². The van der Waals surface area contributed by atoms with Crippen LogP contribution in [0.2, 0.25) is 0 Å². The average Bonchev–Trinajstić information content (AvgIpc) is 2.46. The number of carbonyl (C=O) groups excluding carboxylic acids is 1. The maximum Gasteiger partial charge on any atom is 0.408 e. The summed E-state index contributed by atoms with van der Waals surface area (Å²) in [6, 6.07) is 2.13. The van der Waals surface area contributed by atoms with Gasteiger partial charge in [0, 0.05) is 18.5 Å². The number of aliphatic carboxylic acids is 1. The summed E-state index contributed by atoms with van der Waals surface area (Å²) in [5.41, 5.74) is 0.468. The van der Waals surface area contributed by atoms with Crippen molar-refractivity contribution in [1.82, 2.24) is 10.2 Å². The third-order valence-corrected chi connectivity index (χ3v) is 3.35. The zero-order chi connectivity index (χ0) is 20.1. The highest BCUT2D eigenvalue weighted by Crippen LogP contribution is 2.32. The molecule has 0 aliphatic carbocycles. The molecule has 1 unspecified atom stereocenters. The van der Waals surface area contributed by atoms with Crippen LogP contribution in [0.5, 0.6) is 11.5 Å². The van der Waals surface area contributed by atoms with E-state index in [-0.39, 0.29) is 17.9 Å². The van der Waals surface area contributed by atoms with Gasteiger partial charge in [-0.2, -0.15) is 0 Å². The van der Waals surface area contributed by atoms with Crippen LogP contribution in [0.1, 0.15) is 31.9 Å². The lowest BCUT2D eigenvalue weighted by molar-refractivity contribution is -0.139. The van der Waals surface area contributed by atoms with Gasteiger partial charge in [-0.15, -0.1) is 0 Å². The van der Waals surface area contributed by atoms with Crippen molar-refractivity contribution in [2.24, 2.45) is 0 Å². The Morgan fingerprint density at radius 1 is 1.27 bits per heavy atom. The smallest absolute Gasteiger partial charge is 0.408 e. The minimum atomic E-state index is -1.25. The zero-order valence-electron chi connectivity index (χ0n) is 16.1. The fourth-order valence-corrected chi connectivity index (χ4v) is 2.37. The summed E-state index contributed by atoms with van der Waals surface area (Å²) >= 11 is 0. The van der Waals surface area contributed by atoms with E-state index in [1.165, 1.54) is 7.11 Å². The monoisotopic (exact) mass is 368 g/mol. The van der Waals surface area contributed by atoms with Crippen LogP contribution in [-0.4, -0.2) is 60.0 Å². The van der Waals surface area contributed by atoms with Gasteiger partial charge in [-0.3, -0.25) is 0 Å². The van der Waals surface area contributed by atoms with Crippen LogP contribution in [0.25, 0.3) is 0 Å². The molecule has 1 amide bonds. The normalized spacial score (nSPS) is 12.6. The topological polar surface area (TPSA) is 108 Å². The molecule has 3 N–H and O–H groups in total. The first-order valence-electron chi connectivity index (χ1n) is 8.18. The van der Waals surface area contributed by atoms with E-state index >= 15 is 0 Å². The largest absolute Gasteiger partial charge is 0.504 e. The molecule has 0 bridgehead atoms. The second kappa shape index (κ2) is 8.75. The molecule has 26 heavy (non-hydrogen) atoms. The van der Waals surface area contributed by atoms with Gasteiger partial charge >= 0.3 is 12.1 Å². The molecule has 0 saturated heterocycles. The van der Waals surface area contributed by atoms with Gasteiger partial charge in [0.1, 0.15) is 11.6 Å². The van der Waals surface area contributed by atoms with Gasteiger partial charge < -0.3 is 29.9 Å². The van der Waals surface area contributed by atoms with Crippen LogP contribution in [0.3, 0.4) is 0 Å². The molecule has 8 heteroatoms. The number of ether oxygens (including phenoxy) is 2. The van der Waals surface area contributed by atoms with Crippen molar-refractivity contribution in [3.05, 3.63) is 23.3 Å². The number of carbonyl (C=O) groups is 2. The van der Waals surface area contributed by atoms with Gasteiger partial charge in [0.05, 0.1) is 7.11 Å².